The molecule has 0 unspecified atom stereocenters. The summed E-state index contributed by atoms with van der Waals surface area (Å²) >= 11 is 0. The molecule has 9 heteroatoms. The zero-order chi connectivity index (χ0) is 19.6. The van der Waals surface area contributed by atoms with E-state index in [9.17, 15) is 18.0 Å². The van der Waals surface area contributed by atoms with E-state index in [1.165, 1.54) is 12.1 Å². The number of rotatable bonds is 5. The first-order valence-corrected chi connectivity index (χ1v) is 9.90. The molecule has 3 aromatic rings. The zero-order valence-corrected chi connectivity index (χ0v) is 15.4. The summed E-state index contributed by atoms with van der Waals surface area (Å²) in [5, 5.41) is 0.433. The molecule has 0 amide bonds. The van der Waals surface area contributed by atoms with E-state index in [0.29, 0.717) is 10.9 Å². The molecule has 1 aromatic heterocycles. The predicted octanol–water partition coefficient (Wildman–Crippen LogP) is 2.21. The van der Waals surface area contributed by atoms with Crippen LogP contribution in [0.4, 0.5) is 5.69 Å². The number of H-pyrrole nitrogens is 1. The molecule has 0 bridgehead atoms. The molecule has 1 atom stereocenters. The van der Waals surface area contributed by atoms with Crippen molar-refractivity contribution in [2.45, 2.75) is 13.0 Å². The van der Waals surface area contributed by atoms with Crippen molar-refractivity contribution in [2.75, 3.05) is 11.0 Å². The lowest BCUT2D eigenvalue weighted by molar-refractivity contribution is 0.0321. The highest BCUT2D eigenvalue weighted by Gasteiger charge is 2.20. The Labute approximate surface area is 155 Å². The molecule has 1 heterocycles. The maximum Gasteiger partial charge on any atom is 0.340 e. The Kier molecular flexibility index (Phi) is 4.95. The number of benzene rings is 2. The highest BCUT2D eigenvalue weighted by atomic mass is 32.2. The van der Waals surface area contributed by atoms with Gasteiger partial charge in [0.1, 0.15) is 0 Å². The van der Waals surface area contributed by atoms with Crippen LogP contribution >= 0.6 is 0 Å². The molecule has 0 radical (unpaired) electrons. The maximum absolute atomic E-state index is 12.5. The highest BCUT2D eigenvalue weighted by Crippen LogP contribution is 2.21. The first-order chi connectivity index (χ1) is 12.7. The summed E-state index contributed by atoms with van der Waals surface area (Å²) in [4.78, 5) is 31.6. The van der Waals surface area contributed by atoms with Crippen molar-refractivity contribution >= 4 is 32.6 Å². The summed E-state index contributed by atoms with van der Waals surface area (Å²) in [6, 6.07) is 12.9. The first-order valence-electron chi connectivity index (χ1n) is 8.01. The van der Waals surface area contributed by atoms with Crippen LogP contribution in [0.15, 0.2) is 53.3 Å². The molecule has 2 aromatic carbocycles. The van der Waals surface area contributed by atoms with Gasteiger partial charge in [0.15, 0.2) is 11.9 Å². The van der Waals surface area contributed by atoms with Crippen molar-refractivity contribution in [3.63, 3.8) is 0 Å². The van der Waals surface area contributed by atoms with Gasteiger partial charge in [0.2, 0.25) is 10.0 Å². The summed E-state index contributed by atoms with van der Waals surface area (Å²) in [7, 11) is -3.56. The Morgan fingerprint density at radius 2 is 1.81 bits per heavy atom. The minimum Gasteiger partial charge on any atom is -0.451 e. The van der Waals surface area contributed by atoms with Crippen molar-refractivity contribution in [1.82, 2.24) is 9.97 Å². The molecule has 140 valence electrons. The number of para-hydroxylation sites is 2. The molecule has 0 aliphatic rings. The van der Waals surface area contributed by atoms with Crippen molar-refractivity contribution in [3.05, 3.63) is 70.3 Å². The first kappa shape index (κ1) is 18.6. The number of ether oxygens (including phenoxy) is 1. The molecule has 0 saturated heterocycles. The maximum atomic E-state index is 12.5. The fraction of sp³-hybridized carbons (Fsp3) is 0.167. The number of nitrogens with one attached hydrogen (secondary N) is 2. The van der Waals surface area contributed by atoms with Gasteiger partial charge in [-0.15, -0.1) is 0 Å². The Balaban J connectivity index is 1.88. The summed E-state index contributed by atoms with van der Waals surface area (Å²) in [5.74, 6) is -0.550. The van der Waals surface area contributed by atoms with Crippen LogP contribution in [0.25, 0.3) is 10.9 Å². The summed E-state index contributed by atoms with van der Waals surface area (Å²) in [6.07, 6.45) is 0.141. The van der Waals surface area contributed by atoms with Crippen molar-refractivity contribution in [3.8, 4) is 0 Å². The molecular formula is C18H17N3O5S. The van der Waals surface area contributed by atoms with Crippen LogP contribution in [0.5, 0.6) is 0 Å². The Bertz CT molecular complexity index is 1170. The second kappa shape index (κ2) is 7.20. The van der Waals surface area contributed by atoms with Crippen molar-refractivity contribution in [2.24, 2.45) is 0 Å². The van der Waals surface area contributed by atoms with E-state index in [-0.39, 0.29) is 22.6 Å². The van der Waals surface area contributed by atoms with Gasteiger partial charge >= 0.3 is 5.97 Å². The van der Waals surface area contributed by atoms with Gasteiger partial charge < -0.3 is 9.72 Å². The van der Waals surface area contributed by atoms with Gasteiger partial charge in [0.25, 0.3) is 5.56 Å². The number of sulfonamides is 1. The van der Waals surface area contributed by atoms with E-state index in [4.69, 9.17) is 4.74 Å². The molecular weight excluding hydrogens is 370 g/mol. The fourth-order valence-corrected chi connectivity index (χ4v) is 3.10. The minimum absolute atomic E-state index is 0.0536. The van der Waals surface area contributed by atoms with Crippen LogP contribution in [-0.2, 0) is 14.8 Å². The highest BCUT2D eigenvalue weighted by molar-refractivity contribution is 7.92. The molecule has 0 aliphatic heterocycles. The molecule has 0 saturated carbocycles. The molecule has 27 heavy (non-hydrogen) atoms. The SMILES string of the molecule is C[C@@H](OC(=O)c1ccccc1NS(C)(=O)=O)c1nc2ccccc2c(=O)[nH]1. The largest absolute Gasteiger partial charge is 0.451 e. The van der Waals surface area contributed by atoms with Crippen molar-refractivity contribution < 1.29 is 17.9 Å². The number of carbonyl (C=O) groups is 1. The number of aromatic nitrogens is 2. The molecule has 8 nitrogen and oxygen atoms in total. The van der Waals surface area contributed by atoms with Crippen LogP contribution in [0.1, 0.15) is 29.2 Å². The van der Waals surface area contributed by atoms with Gasteiger partial charge in [0.05, 0.1) is 28.4 Å². The summed E-state index contributed by atoms with van der Waals surface area (Å²) < 4.78 is 30.6. The average molecular weight is 387 g/mol. The van der Waals surface area contributed by atoms with Crippen LogP contribution in [0.3, 0.4) is 0 Å². The molecule has 0 fully saturated rings. The third-order valence-electron chi connectivity index (χ3n) is 3.74. The van der Waals surface area contributed by atoms with Gasteiger partial charge in [-0.05, 0) is 31.2 Å². The normalized spacial score (nSPS) is 12.5. The Hall–Kier alpha value is -3.20. The monoisotopic (exact) mass is 387 g/mol. The Morgan fingerprint density at radius 1 is 1.15 bits per heavy atom. The van der Waals surface area contributed by atoms with E-state index in [2.05, 4.69) is 14.7 Å². The number of anilines is 1. The van der Waals surface area contributed by atoms with E-state index >= 15 is 0 Å². The van der Waals surface area contributed by atoms with E-state index in [1.54, 1.807) is 43.3 Å². The number of hydrogen-bond donors (Lipinski definition) is 2. The van der Waals surface area contributed by atoms with Crippen LogP contribution in [0, 0.1) is 0 Å². The smallest absolute Gasteiger partial charge is 0.340 e. The van der Waals surface area contributed by atoms with Crippen LogP contribution in [-0.4, -0.2) is 30.6 Å². The quantitative estimate of drug-likeness (QED) is 0.648. The number of carbonyl (C=O) groups excluding carboxylic acids is 1. The van der Waals surface area contributed by atoms with E-state index < -0.39 is 22.1 Å². The lowest BCUT2D eigenvalue weighted by Gasteiger charge is -2.15. The number of aromatic amines is 1. The van der Waals surface area contributed by atoms with Crippen LogP contribution in [0.2, 0.25) is 0 Å². The zero-order valence-electron chi connectivity index (χ0n) is 14.6. The number of nitrogens with zero attached hydrogens (tertiary/aromatic N) is 1. The van der Waals surface area contributed by atoms with Crippen LogP contribution < -0.4 is 10.3 Å². The fourth-order valence-electron chi connectivity index (χ4n) is 2.53. The number of fused-ring (bicyclic) bond motifs is 1. The predicted molar refractivity (Wildman–Crippen MR) is 101 cm³/mol. The van der Waals surface area contributed by atoms with E-state index in [0.717, 1.165) is 6.26 Å². The minimum atomic E-state index is -3.56. The van der Waals surface area contributed by atoms with Gasteiger partial charge in [0, 0.05) is 0 Å². The van der Waals surface area contributed by atoms with Gasteiger partial charge in [-0.25, -0.2) is 18.2 Å². The number of esters is 1. The number of hydrogen-bond acceptors (Lipinski definition) is 6. The topological polar surface area (TPSA) is 118 Å². The third-order valence-corrected chi connectivity index (χ3v) is 4.33. The Morgan fingerprint density at radius 3 is 2.56 bits per heavy atom. The molecule has 2 N–H and O–H groups in total. The molecule has 0 aliphatic carbocycles. The van der Waals surface area contributed by atoms with Gasteiger partial charge in [-0.2, -0.15) is 0 Å². The lowest BCUT2D eigenvalue weighted by Crippen LogP contribution is -2.19. The summed E-state index contributed by atoms with van der Waals surface area (Å²) in [6.45, 7) is 1.57. The standard InChI is InChI=1S/C18H17N3O5S/c1-11(16-19-14-9-5-3-7-12(14)17(22)20-16)26-18(23)13-8-4-6-10-15(13)21-27(2,24)25/h3-11,21H,1-2H3,(H,19,20,22)/t11-/m1/s1. The average Bonchev–Trinajstić information content (AvgIpc) is 2.60. The summed E-state index contributed by atoms with van der Waals surface area (Å²) in [5.41, 5.74) is 0.311. The third kappa shape index (κ3) is 4.32. The molecule has 0 spiro atoms. The second-order valence-electron chi connectivity index (χ2n) is 5.94. The molecule has 3 rings (SSSR count). The lowest BCUT2D eigenvalue weighted by atomic mass is 10.2. The van der Waals surface area contributed by atoms with E-state index in [1.807, 2.05) is 0 Å². The van der Waals surface area contributed by atoms with Crippen molar-refractivity contribution in [1.29, 1.82) is 0 Å². The second-order valence-corrected chi connectivity index (χ2v) is 7.68. The van der Waals surface area contributed by atoms with Gasteiger partial charge in [-0.3, -0.25) is 9.52 Å². The van der Waals surface area contributed by atoms with Gasteiger partial charge in [-0.1, -0.05) is 24.3 Å².